The van der Waals surface area contributed by atoms with Gasteiger partial charge in [0, 0.05) is 0 Å². The van der Waals surface area contributed by atoms with Gasteiger partial charge >= 0.3 is 73.2 Å². The third-order valence-corrected chi connectivity index (χ3v) is 2.99. The van der Waals surface area contributed by atoms with Crippen molar-refractivity contribution in [1.82, 2.24) is 0 Å². The zero-order valence-corrected chi connectivity index (χ0v) is 8.81. The van der Waals surface area contributed by atoms with Crippen LogP contribution in [0.25, 0.3) is 0 Å². The molecule has 2 heteroatoms. The fraction of sp³-hybridized carbons (Fsp3) is 0.400. The van der Waals surface area contributed by atoms with Crippen molar-refractivity contribution in [3.05, 3.63) is 35.9 Å². The minimum absolute atomic E-state index is 0.590. The SMILES string of the molecule is CP(C)(C)(F)Cc1ccccc1. The molecule has 68 valence electrons. The van der Waals surface area contributed by atoms with Crippen molar-refractivity contribution in [1.29, 1.82) is 0 Å². The van der Waals surface area contributed by atoms with E-state index in [1.807, 2.05) is 30.3 Å². The molecule has 0 saturated heterocycles. The maximum absolute atomic E-state index is 13.9. The third kappa shape index (κ3) is 3.82. The first-order valence-electron chi connectivity index (χ1n) is 4.09. The molecule has 0 amide bonds. The summed E-state index contributed by atoms with van der Waals surface area (Å²) in [5, 5.41) is 0. The van der Waals surface area contributed by atoms with Crippen molar-refractivity contribution in [3.63, 3.8) is 0 Å². The van der Waals surface area contributed by atoms with E-state index < -0.39 is 6.91 Å². The van der Waals surface area contributed by atoms with E-state index in [1.165, 1.54) is 0 Å². The van der Waals surface area contributed by atoms with E-state index in [0.717, 1.165) is 5.56 Å². The normalized spacial score (nSPS) is 15.2. The van der Waals surface area contributed by atoms with Crippen molar-refractivity contribution in [2.24, 2.45) is 0 Å². The molecule has 0 aliphatic heterocycles. The summed E-state index contributed by atoms with van der Waals surface area (Å²) in [6, 6.07) is 9.83. The van der Waals surface area contributed by atoms with E-state index in [-0.39, 0.29) is 0 Å². The zero-order chi connectivity index (χ0) is 9.27. The Kier molecular flexibility index (Phi) is 2.27. The van der Waals surface area contributed by atoms with Crippen LogP contribution in [-0.2, 0) is 6.16 Å². The van der Waals surface area contributed by atoms with Crippen molar-refractivity contribution in [2.75, 3.05) is 20.0 Å². The van der Waals surface area contributed by atoms with Gasteiger partial charge in [0.25, 0.3) is 0 Å². The first kappa shape index (κ1) is 9.67. The van der Waals surface area contributed by atoms with E-state index in [0.29, 0.717) is 6.16 Å². The monoisotopic (exact) mass is 186 g/mol. The van der Waals surface area contributed by atoms with Crippen LogP contribution < -0.4 is 0 Å². The second-order valence-electron chi connectivity index (χ2n) is 4.56. The molecule has 0 saturated carbocycles. The third-order valence-electron chi connectivity index (χ3n) is 1.56. The van der Waals surface area contributed by atoms with Gasteiger partial charge in [-0.3, -0.25) is 0 Å². The summed E-state index contributed by atoms with van der Waals surface area (Å²) in [7, 11) is 0. The van der Waals surface area contributed by atoms with Gasteiger partial charge < -0.3 is 0 Å². The summed E-state index contributed by atoms with van der Waals surface area (Å²) in [6.45, 7) is 2.39. The zero-order valence-electron chi connectivity index (χ0n) is 7.92. The molecule has 1 aromatic rings. The molecule has 0 nitrogen and oxygen atoms in total. The average molecular weight is 186 g/mol. The Morgan fingerprint density at radius 2 is 1.58 bits per heavy atom. The summed E-state index contributed by atoms with van der Waals surface area (Å²) < 4.78 is 13.9. The second kappa shape index (κ2) is 2.81. The molecule has 12 heavy (non-hydrogen) atoms. The van der Waals surface area contributed by atoms with Gasteiger partial charge in [0.2, 0.25) is 0 Å². The van der Waals surface area contributed by atoms with Crippen LogP contribution in [0, 0.1) is 0 Å². The maximum atomic E-state index is 13.9. The van der Waals surface area contributed by atoms with Crippen molar-refractivity contribution < 1.29 is 4.20 Å². The van der Waals surface area contributed by atoms with Gasteiger partial charge in [-0.05, 0) is 0 Å². The Morgan fingerprint density at radius 1 is 1.08 bits per heavy atom. The second-order valence-corrected chi connectivity index (χ2v) is 10.7. The number of hydrogen-bond donors (Lipinski definition) is 0. The fourth-order valence-corrected chi connectivity index (χ4v) is 2.64. The fourth-order valence-electron chi connectivity index (χ4n) is 1.20. The molecule has 0 aliphatic rings. The minimum atomic E-state index is -2.85. The van der Waals surface area contributed by atoms with Gasteiger partial charge in [-0.1, -0.05) is 0 Å². The van der Waals surface area contributed by atoms with Gasteiger partial charge in [-0.15, -0.1) is 0 Å². The summed E-state index contributed by atoms with van der Waals surface area (Å²) >= 11 is 0. The molecule has 0 fully saturated rings. The standard InChI is InChI=1S/C10H16FP/c1-12(2,3,11)9-10-7-5-4-6-8-10/h4-8H,9H2,1-3H3. The van der Waals surface area contributed by atoms with Gasteiger partial charge in [-0.25, -0.2) is 0 Å². The van der Waals surface area contributed by atoms with Crippen LogP contribution in [0.5, 0.6) is 0 Å². The van der Waals surface area contributed by atoms with Crippen molar-refractivity contribution >= 4 is 6.91 Å². The van der Waals surface area contributed by atoms with Crippen LogP contribution in [0.3, 0.4) is 0 Å². The predicted octanol–water partition coefficient (Wildman–Crippen LogP) is 3.51. The van der Waals surface area contributed by atoms with Gasteiger partial charge in [-0.2, -0.15) is 0 Å². The molecule has 0 aromatic heterocycles. The molecule has 1 aromatic carbocycles. The van der Waals surface area contributed by atoms with Crippen LogP contribution in [0.1, 0.15) is 5.56 Å². The van der Waals surface area contributed by atoms with E-state index in [9.17, 15) is 4.20 Å². The van der Waals surface area contributed by atoms with E-state index in [1.54, 1.807) is 20.0 Å². The van der Waals surface area contributed by atoms with Crippen LogP contribution in [0.4, 0.5) is 4.20 Å². The molecule has 0 aliphatic carbocycles. The molecule has 1 rings (SSSR count). The molecular weight excluding hydrogens is 170 g/mol. The van der Waals surface area contributed by atoms with Crippen LogP contribution in [0.15, 0.2) is 30.3 Å². The molecule has 0 radical (unpaired) electrons. The van der Waals surface area contributed by atoms with Crippen LogP contribution >= 0.6 is 6.91 Å². The Labute approximate surface area is 73.8 Å². The number of rotatable bonds is 2. The topological polar surface area (TPSA) is 0 Å². The molecule has 0 heterocycles. The molecule has 0 bridgehead atoms. The Morgan fingerprint density at radius 3 is 2.00 bits per heavy atom. The van der Waals surface area contributed by atoms with Gasteiger partial charge in [0.15, 0.2) is 0 Å². The molecule has 0 spiro atoms. The Hall–Kier alpha value is -0.420. The molecule has 0 unspecified atom stereocenters. The summed E-state index contributed by atoms with van der Waals surface area (Å²) in [5.41, 5.74) is 1.10. The Bertz CT molecular complexity index is 249. The average Bonchev–Trinajstić information content (AvgIpc) is 1.83. The summed E-state index contributed by atoms with van der Waals surface area (Å²) in [6.07, 6.45) is 0.590. The summed E-state index contributed by atoms with van der Waals surface area (Å²) in [5.74, 6) is 0. The molecular formula is C10H16FP. The molecule has 0 atom stereocenters. The first-order chi connectivity index (χ1) is 5.33. The number of hydrogen-bond acceptors (Lipinski definition) is 0. The van der Waals surface area contributed by atoms with Crippen LogP contribution in [0.2, 0.25) is 0 Å². The number of benzene rings is 1. The van der Waals surface area contributed by atoms with E-state index >= 15 is 0 Å². The van der Waals surface area contributed by atoms with Crippen molar-refractivity contribution in [3.8, 4) is 0 Å². The number of halogens is 1. The van der Waals surface area contributed by atoms with E-state index in [4.69, 9.17) is 0 Å². The first-order valence-corrected chi connectivity index (χ1v) is 7.74. The van der Waals surface area contributed by atoms with Gasteiger partial charge in [0.1, 0.15) is 0 Å². The molecule has 0 N–H and O–H groups in total. The predicted molar refractivity (Wildman–Crippen MR) is 55.9 cm³/mol. The Balaban J connectivity index is 2.79. The summed E-state index contributed by atoms with van der Waals surface area (Å²) in [4.78, 5) is 0. The quantitative estimate of drug-likeness (QED) is 0.620. The van der Waals surface area contributed by atoms with E-state index in [2.05, 4.69) is 0 Å². The van der Waals surface area contributed by atoms with Gasteiger partial charge in [0.05, 0.1) is 0 Å². The van der Waals surface area contributed by atoms with Crippen molar-refractivity contribution in [2.45, 2.75) is 6.16 Å². The van der Waals surface area contributed by atoms with Crippen LogP contribution in [-0.4, -0.2) is 20.0 Å².